The van der Waals surface area contributed by atoms with Crippen molar-refractivity contribution in [2.75, 3.05) is 15.1 Å². The third-order valence-electron chi connectivity index (χ3n) is 28.6. The van der Waals surface area contributed by atoms with Crippen LogP contribution >= 0.6 is 0 Å². The molecule has 0 bridgehead atoms. The lowest BCUT2D eigenvalue weighted by Gasteiger charge is -2.42. The van der Waals surface area contributed by atoms with E-state index >= 15 is 0 Å². The van der Waals surface area contributed by atoms with E-state index in [0.717, 1.165) is 47.6 Å². The van der Waals surface area contributed by atoms with E-state index in [4.69, 9.17) is 0 Å². The smallest absolute Gasteiger partial charge is 0.0566 e. The highest BCUT2D eigenvalue weighted by atomic mass is 15.2. The number of H-pyrrole nitrogens is 3. The second-order valence-electron chi connectivity index (χ2n) is 35.6. The van der Waals surface area contributed by atoms with Crippen LogP contribution in [-0.2, 0) is 16.2 Å². The fourth-order valence-electron chi connectivity index (χ4n) is 23.1. The molecule has 8 atom stereocenters. The Hall–Kier alpha value is -11.4. The Bertz CT molecular complexity index is 6190. The molecule has 1 saturated heterocycles. The number of hydrogen-bond donors (Lipinski definition) is 5. The van der Waals surface area contributed by atoms with Crippen molar-refractivity contribution in [3.05, 3.63) is 325 Å². The second-order valence-corrected chi connectivity index (χ2v) is 35.6. The summed E-state index contributed by atoms with van der Waals surface area (Å²) in [5, 5.41) is 15.5. The zero-order valence-electron chi connectivity index (χ0n) is 66.0. The average Bonchev–Trinajstić information content (AvgIpc) is 1.35. The summed E-state index contributed by atoms with van der Waals surface area (Å²) in [4.78, 5) is 15.4. The van der Waals surface area contributed by atoms with Crippen LogP contribution in [0, 0.1) is 35.5 Å². The minimum atomic E-state index is -0.0683. The van der Waals surface area contributed by atoms with E-state index < -0.39 is 0 Å². The highest BCUT2D eigenvalue weighted by Gasteiger charge is 2.56. The van der Waals surface area contributed by atoms with E-state index in [2.05, 4.69) is 368 Å². The van der Waals surface area contributed by atoms with Gasteiger partial charge < -0.3 is 35.4 Å². The van der Waals surface area contributed by atoms with Crippen LogP contribution in [0.2, 0.25) is 0 Å². The lowest BCUT2D eigenvalue weighted by atomic mass is 9.65. The predicted octanol–water partition coefficient (Wildman–Crippen LogP) is 28.3. The normalized spacial score (nSPS) is 22.1. The van der Waals surface area contributed by atoms with E-state index in [9.17, 15) is 0 Å². The molecule has 24 rings (SSSR count). The number of nitrogens with one attached hydrogen (secondary N) is 5. The molecule has 7 nitrogen and oxygen atoms in total. The quantitative estimate of drug-likeness (QED) is 0.122. The molecule has 0 spiro atoms. The second kappa shape index (κ2) is 27.5. The SMILES string of the molecule is C1CCC2C(C1)CC1C2CCC2C3CCCCC3NC21.CC1(C)c2ccccc2N(c2ccc(-c3ccc4[nH]c5ccccc5c4c3)cc2)c2ccccc21.CC1(C)c2ccccc2Nc2ccc(-c3ccc(N4c5ccccc5C(C)(C)c5ccccc54)cc3)cc21.c1ccc2c(c1)[nH]c1c2ccc2[nH]c3ccccc3c21. The average molecular weight is 1470 g/mol. The molecule has 7 heteroatoms. The molecule has 8 unspecified atom stereocenters. The largest absolute Gasteiger partial charge is 0.355 e. The number of nitrogens with zero attached hydrogens (tertiary/aromatic N) is 2. The van der Waals surface area contributed by atoms with E-state index in [1.165, 1.54) is 199 Å². The van der Waals surface area contributed by atoms with Gasteiger partial charge in [0.1, 0.15) is 0 Å². The number of hydrogen-bond acceptors (Lipinski definition) is 4. The van der Waals surface area contributed by atoms with Crippen molar-refractivity contribution in [3.8, 4) is 22.3 Å². The highest BCUT2D eigenvalue weighted by Crippen LogP contribution is 2.60. The van der Waals surface area contributed by atoms with Gasteiger partial charge in [-0.15, -0.1) is 0 Å². The topological polar surface area (TPSA) is 77.9 Å². The number of fused-ring (bicyclic) bond motifs is 23. The van der Waals surface area contributed by atoms with Crippen LogP contribution in [0.1, 0.15) is 146 Å². The molecule has 0 amide bonds. The lowest BCUT2D eigenvalue weighted by molar-refractivity contribution is 0.118. The van der Waals surface area contributed by atoms with Gasteiger partial charge in [0.15, 0.2) is 0 Å². The van der Waals surface area contributed by atoms with Crippen molar-refractivity contribution in [1.29, 1.82) is 0 Å². The molecular weight excluding hydrogens is 1370 g/mol. The van der Waals surface area contributed by atoms with Gasteiger partial charge in [-0.1, -0.05) is 262 Å². The van der Waals surface area contributed by atoms with Crippen molar-refractivity contribution >= 4 is 111 Å². The zero-order valence-corrected chi connectivity index (χ0v) is 66.0. The Balaban J connectivity index is 0.0000000984. The van der Waals surface area contributed by atoms with Crippen molar-refractivity contribution < 1.29 is 0 Å². The van der Waals surface area contributed by atoms with Gasteiger partial charge in [0.05, 0.1) is 28.3 Å². The monoisotopic (exact) mass is 1470 g/mol. The first kappa shape index (κ1) is 69.6. The van der Waals surface area contributed by atoms with Crippen molar-refractivity contribution in [2.45, 2.75) is 141 Å². The van der Waals surface area contributed by atoms with Gasteiger partial charge >= 0.3 is 0 Å². The number of anilines is 8. The Labute approximate surface area is 664 Å². The first-order valence-electron chi connectivity index (χ1n) is 42.2. The Morgan fingerprint density at radius 3 is 1.35 bits per heavy atom. The molecule has 113 heavy (non-hydrogen) atoms. The van der Waals surface area contributed by atoms with E-state index in [1.54, 1.807) is 38.5 Å². The summed E-state index contributed by atoms with van der Waals surface area (Å²) >= 11 is 0. The third kappa shape index (κ3) is 11.6. The summed E-state index contributed by atoms with van der Waals surface area (Å²) in [7, 11) is 0. The van der Waals surface area contributed by atoms with Gasteiger partial charge in [-0.3, -0.25) is 0 Å². The third-order valence-corrected chi connectivity index (χ3v) is 28.6. The first-order valence-corrected chi connectivity index (χ1v) is 42.2. The van der Waals surface area contributed by atoms with Crippen LogP contribution in [0.3, 0.4) is 0 Å². The number of rotatable bonds is 4. The van der Waals surface area contributed by atoms with E-state index in [0.29, 0.717) is 0 Å². The molecule has 8 aliphatic rings. The van der Waals surface area contributed by atoms with Gasteiger partial charge in [0.25, 0.3) is 0 Å². The summed E-state index contributed by atoms with van der Waals surface area (Å²) in [6.07, 6.45) is 17.0. The molecule has 16 aromatic rings. The number of benzene rings is 13. The molecule has 13 aromatic carbocycles. The molecule has 4 saturated carbocycles. The van der Waals surface area contributed by atoms with Gasteiger partial charge in [-0.05, 0) is 233 Å². The minimum absolute atomic E-state index is 0.0433. The minimum Gasteiger partial charge on any atom is -0.355 e. The molecule has 7 heterocycles. The van der Waals surface area contributed by atoms with Crippen LogP contribution in [0.5, 0.6) is 0 Å². The van der Waals surface area contributed by atoms with Crippen LogP contribution < -0.4 is 20.4 Å². The summed E-state index contributed by atoms with van der Waals surface area (Å²) in [6, 6.07) is 107. The van der Waals surface area contributed by atoms with Crippen molar-refractivity contribution in [3.63, 3.8) is 0 Å². The van der Waals surface area contributed by atoms with Crippen molar-refractivity contribution in [2.24, 2.45) is 35.5 Å². The molecule has 560 valence electrons. The van der Waals surface area contributed by atoms with E-state index in [-0.39, 0.29) is 16.2 Å². The Kier molecular flexibility index (Phi) is 16.9. The lowest BCUT2D eigenvalue weighted by Crippen LogP contribution is -2.43. The number of para-hydroxylation sites is 8. The molecule has 4 aliphatic heterocycles. The maximum atomic E-state index is 4.18. The fraction of sp³-hybridized carbons (Fsp3) is 0.264. The number of aromatic nitrogens is 3. The molecule has 5 N–H and O–H groups in total. The number of aromatic amines is 3. The fourth-order valence-corrected chi connectivity index (χ4v) is 23.1. The molecular formula is C106H101N7. The van der Waals surface area contributed by atoms with Crippen molar-refractivity contribution in [1.82, 2.24) is 20.3 Å². The Morgan fingerprint density at radius 2 is 0.726 bits per heavy atom. The van der Waals surface area contributed by atoms with Crippen LogP contribution in [-0.4, -0.2) is 27.0 Å². The first-order chi connectivity index (χ1) is 55.3. The van der Waals surface area contributed by atoms with Gasteiger partial charge in [0, 0.05) is 111 Å². The van der Waals surface area contributed by atoms with E-state index in [1.807, 2.05) is 0 Å². The van der Waals surface area contributed by atoms with Gasteiger partial charge in [0.2, 0.25) is 0 Å². The Morgan fingerprint density at radius 1 is 0.292 bits per heavy atom. The summed E-state index contributed by atoms with van der Waals surface area (Å²) in [5.74, 6) is 6.60. The summed E-state index contributed by atoms with van der Waals surface area (Å²) < 4.78 is 0. The maximum absolute atomic E-state index is 4.18. The van der Waals surface area contributed by atoms with Gasteiger partial charge in [-0.2, -0.15) is 0 Å². The summed E-state index contributed by atoms with van der Waals surface area (Å²) in [5.41, 5.74) is 29.8. The van der Waals surface area contributed by atoms with Gasteiger partial charge in [-0.25, -0.2) is 0 Å². The molecule has 0 radical (unpaired) electrons. The zero-order chi connectivity index (χ0) is 75.8. The van der Waals surface area contributed by atoms with Crippen LogP contribution in [0.25, 0.3) is 87.7 Å². The van der Waals surface area contributed by atoms with Crippen LogP contribution in [0.15, 0.2) is 291 Å². The van der Waals surface area contributed by atoms with Crippen LogP contribution in [0.4, 0.5) is 45.5 Å². The highest BCUT2D eigenvalue weighted by molar-refractivity contribution is 6.24. The maximum Gasteiger partial charge on any atom is 0.0566 e. The standard InChI is InChI=1S/C36H32N2.C33H26N2.C19H31N.C18H12N2/c1-35(2)27-11-5-8-14-31(27)37-32-22-19-25(23-30(32)35)24-17-20-26(21-18-24)38-33-15-9-6-12-28(33)36(3,4)29-13-7-10-16-34(29)38;1-33(2)27-10-4-7-13-31(27)35(32-14-8-5-11-28(32)33)24-18-15-22(16-19-24)23-17-20-30-26(21-23)25-9-3-6-12-29(25)34-30;1-2-6-13-12(5-1)11-17-14(13)9-10-16-15-7-3-4-8-18(15)20-19(16)17;1-3-7-14-11(5-1)12-9-10-16-17(18(12)20-14)13-6-2-4-8-15(13)19-16/h5-23,37H,1-4H3;3-21,34H,1-2H3;12-20H,1-11H2;1-10,19-20H. The molecule has 3 aromatic heterocycles. The summed E-state index contributed by atoms with van der Waals surface area (Å²) in [6.45, 7) is 14.0. The predicted molar refractivity (Wildman–Crippen MR) is 476 cm³/mol. The molecule has 4 aliphatic carbocycles. The molecule has 5 fully saturated rings.